The van der Waals surface area contributed by atoms with Gasteiger partial charge >= 0.3 is 0 Å². The number of rotatable bonds is 3. The second-order valence-corrected chi connectivity index (χ2v) is 7.18. The number of halogens is 1. The summed E-state index contributed by atoms with van der Waals surface area (Å²) in [6, 6.07) is 6.29. The Balaban J connectivity index is 2.47. The fraction of sp³-hybridized carbons (Fsp3) is 0.100. The fourth-order valence-electron chi connectivity index (χ4n) is 1.54. The first-order valence-corrected chi connectivity index (χ1v) is 7.96. The normalized spacial score (nSPS) is 19.6. The monoisotopic (exact) mass is 334 g/mol. The molecule has 0 radical (unpaired) electrons. The minimum Gasteiger partial charge on any atom is -0.410 e. The van der Waals surface area contributed by atoms with Gasteiger partial charge in [0.05, 0.1) is 4.92 Å². The maximum atomic E-state index is 11.7. The minimum atomic E-state index is -3.97. The van der Waals surface area contributed by atoms with Crippen LogP contribution in [-0.2, 0) is 9.84 Å². The lowest BCUT2D eigenvalue weighted by Gasteiger charge is -2.02. The van der Waals surface area contributed by atoms with Crippen LogP contribution in [0.1, 0.15) is 0 Å². The van der Waals surface area contributed by atoms with Gasteiger partial charge in [-0.05, 0) is 24.3 Å². The highest BCUT2D eigenvalue weighted by Gasteiger charge is 2.43. The fourth-order valence-corrected chi connectivity index (χ4v) is 4.44. The van der Waals surface area contributed by atoms with E-state index in [0.717, 1.165) is 11.8 Å². The van der Waals surface area contributed by atoms with Gasteiger partial charge in [0.2, 0.25) is 14.9 Å². The van der Waals surface area contributed by atoms with E-state index in [1.165, 1.54) is 0 Å². The largest absolute Gasteiger partial charge is 0.410 e. The molecule has 0 saturated carbocycles. The first-order valence-electron chi connectivity index (χ1n) is 5.11. The van der Waals surface area contributed by atoms with Crippen molar-refractivity contribution in [1.82, 2.24) is 0 Å². The van der Waals surface area contributed by atoms with Crippen molar-refractivity contribution in [2.24, 2.45) is 5.16 Å². The van der Waals surface area contributed by atoms with Gasteiger partial charge in [-0.25, -0.2) is 8.42 Å². The number of hydrogen-bond donors (Lipinski definition) is 1. The van der Waals surface area contributed by atoms with Crippen molar-refractivity contribution < 1.29 is 18.5 Å². The molecule has 0 spiro atoms. The van der Waals surface area contributed by atoms with Gasteiger partial charge in [-0.3, -0.25) is 10.1 Å². The lowest BCUT2D eigenvalue weighted by atomic mass is 10.4. The third kappa shape index (κ3) is 2.79. The molecule has 1 heterocycles. The van der Waals surface area contributed by atoms with E-state index < -0.39 is 31.3 Å². The number of oxime groups is 1. The summed E-state index contributed by atoms with van der Waals surface area (Å²) in [5, 5.41) is 22.2. The quantitative estimate of drug-likeness (QED) is 0.515. The summed E-state index contributed by atoms with van der Waals surface area (Å²) in [5.41, 5.74) is -0.502. The third-order valence-electron chi connectivity index (χ3n) is 2.42. The van der Waals surface area contributed by atoms with Crippen molar-refractivity contribution in [2.45, 2.75) is 4.90 Å². The van der Waals surface area contributed by atoms with Gasteiger partial charge in [-0.15, -0.1) is 0 Å². The molecular weight excluding hydrogens is 328 g/mol. The molecule has 0 aliphatic carbocycles. The number of nitro groups is 1. The number of thioether (sulfide) groups is 1. The Hall–Kier alpha value is -1.58. The Bertz CT molecular complexity index is 725. The van der Waals surface area contributed by atoms with E-state index in [4.69, 9.17) is 16.8 Å². The van der Waals surface area contributed by atoms with Crippen molar-refractivity contribution in [3.63, 3.8) is 0 Å². The highest BCUT2D eigenvalue weighted by molar-refractivity contribution is 8.13. The molecule has 106 valence electrons. The van der Waals surface area contributed by atoms with Crippen LogP contribution >= 0.6 is 23.4 Å². The van der Waals surface area contributed by atoms with Crippen LogP contribution in [0.2, 0.25) is 5.02 Å². The lowest BCUT2D eigenvalue weighted by Crippen LogP contribution is -2.12. The Morgan fingerprint density at radius 3 is 2.45 bits per heavy atom. The van der Waals surface area contributed by atoms with Gasteiger partial charge in [-0.2, -0.15) is 0 Å². The molecule has 10 heteroatoms. The second kappa shape index (κ2) is 5.43. The zero-order valence-electron chi connectivity index (χ0n) is 9.69. The van der Waals surface area contributed by atoms with Crippen LogP contribution in [0.25, 0.3) is 0 Å². The standard InChI is InChI=1S/C10H7ClN2O5S2/c11-6-1-3-7(4-2-6)19-9-8(13(15)16)5-20(17,18)10(9)12-14/h1-4,14H,5H2. The molecule has 1 aromatic rings. The molecule has 0 fully saturated rings. The first-order chi connectivity index (χ1) is 9.35. The summed E-state index contributed by atoms with van der Waals surface area (Å²) in [6.45, 7) is 0. The van der Waals surface area contributed by atoms with Crippen LogP contribution < -0.4 is 0 Å². The molecule has 0 aromatic heterocycles. The lowest BCUT2D eigenvalue weighted by molar-refractivity contribution is -0.423. The van der Waals surface area contributed by atoms with Crippen molar-refractivity contribution in [3.8, 4) is 0 Å². The van der Waals surface area contributed by atoms with E-state index in [1.807, 2.05) is 0 Å². The smallest absolute Gasteiger partial charge is 0.278 e. The minimum absolute atomic E-state index is 0.181. The van der Waals surface area contributed by atoms with E-state index in [2.05, 4.69) is 5.16 Å². The highest BCUT2D eigenvalue weighted by Crippen LogP contribution is 2.37. The summed E-state index contributed by atoms with van der Waals surface area (Å²) in [6.07, 6.45) is 0. The number of nitrogens with zero attached hydrogens (tertiary/aromatic N) is 2. The SMILES string of the molecule is O=[N+]([O-])C1=C(Sc2ccc(Cl)cc2)C(=NO)S(=O)(=O)C1. The molecule has 0 saturated heterocycles. The van der Waals surface area contributed by atoms with Crippen molar-refractivity contribution in [3.05, 3.63) is 50.0 Å². The number of sulfone groups is 1. The van der Waals surface area contributed by atoms with Gasteiger partial charge in [0.1, 0.15) is 10.7 Å². The summed E-state index contributed by atoms with van der Waals surface area (Å²) in [4.78, 5) is 10.5. The second-order valence-electron chi connectivity index (χ2n) is 3.75. The molecule has 2 rings (SSSR count). The molecular formula is C10H7ClN2O5S2. The Morgan fingerprint density at radius 1 is 1.35 bits per heavy atom. The van der Waals surface area contributed by atoms with E-state index in [0.29, 0.717) is 9.92 Å². The van der Waals surface area contributed by atoms with Crippen molar-refractivity contribution in [1.29, 1.82) is 0 Å². The Labute approximate surface area is 123 Å². The van der Waals surface area contributed by atoms with E-state index in [1.54, 1.807) is 24.3 Å². The topological polar surface area (TPSA) is 110 Å². The average Bonchev–Trinajstić information content (AvgIpc) is 2.63. The maximum Gasteiger partial charge on any atom is 0.278 e. The number of hydrogen-bond acceptors (Lipinski definition) is 7. The van der Waals surface area contributed by atoms with Crippen LogP contribution in [0.4, 0.5) is 0 Å². The summed E-state index contributed by atoms with van der Waals surface area (Å²) in [7, 11) is -3.97. The van der Waals surface area contributed by atoms with Gasteiger partial charge in [0, 0.05) is 9.92 Å². The Kier molecular flexibility index (Phi) is 4.02. The van der Waals surface area contributed by atoms with Crippen LogP contribution in [0, 0.1) is 10.1 Å². The molecule has 20 heavy (non-hydrogen) atoms. The molecule has 0 amide bonds. The van der Waals surface area contributed by atoms with Gasteiger partial charge in [0.15, 0.2) is 0 Å². The van der Waals surface area contributed by atoms with Crippen LogP contribution in [0.3, 0.4) is 0 Å². The number of benzene rings is 1. The predicted molar refractivity (Wildman–Crippen MR) is 74.3 cm³/mol. The van der Waals surface area contributed by atoms with E-state index in [-0.39, 0.29) is 4.91 Å². The van der Waals surface area contributed by atoms with Gasteiger partial charge < -0.3 is 5.21 Å². The third-order valence-corrected chi connectivity index (χ3v) is 5.47. The molecule has 1 aliphatic rings. The van der Waals surface area contributed by atoms with Crippen molar-refractivity contribution >= 4 is 38.2 Å². The molecule has 7 nitrogen and oxygen atoms in total. The average molecular weight is 335 g/mol. The zero-order chi connectivity index (χ0) is 14.9. The zero-order valence-corrected chi connectivity index (χ0v) is 12.1. The van der Waals surface area contributed by atoms with Crippen molar-refractivity contribution in [2.75, 3.05) is 5.75 Å². The molecule has 0 unspecified atom stereocenters. The highest BCUT2D eigenvalue weighted by atomic mass is 35.5. The van der Waals surface area contributed by atoms with Gasteiger partial charge in [0.25, 0.3) is 5.70 Å². The Morgan fingerprint density at radius 2 is 1.95 bits per heavy atom. The predicted octanol–water partition coefficient (Wildman–Crippen LogP) is 2.14. The van der Waals surface area contributed by atoms with Crippen LogP contribution in [0.5, 0.6) is 0 Å². The van der Waals surface area contributed by atoms with Crippen LogP contribution in [-0.4, -0.2) is 29.3 Å². The molecule has 0 bridgehead atoms. The summed E-state index contributed by atoms with van der Waals surface area (Å²) < 4.78 is 23.4. The van der Waals surface area contributed by atoms with Crippen LogP contribution in [0.15, 0.2) is 44.9 Å². The van der Waals surface area contributed by atoms with E-state index in [9.17, 15) is 18.5 Å². The summed E-state index contributed by atoms with van der Waals surface area (Å²) >= 11 is 6.56. The maximum absolute atomic E-state index is 11.7. The van der Waals surface area contributed by atoms with E-state index >= 15 is 0 Å². The van der Waals surface area contributed by atoms with Gasteiger partial charge in [-0.1, -0.05) is 28.5 Å². The molecule has 1 aromatic carbocycles. The molecule has 0 atom stereocenters. The molecule has 1 aliphatic heterocycles. The first kappa shape index (κ1) is 14.8. The molecule has 1 N–H and O–H groups in total. The summed E-state index contributed by atoms with van der Waals surface area (Å²) in [5.74, 6) is -0.782.